The number of imide groups is 2. The van der Waals surface area contributed by atoms with Crippen LogP contribution in [0.25, 0.3) is 0 Å². The second-order valence-electron chi connectivity index (χ2n) is 7.57. The zero-order valence-electron chi connectivity index (χ0n) is 16.1. The second-order valence-corrected chi connectivity index (χ2v) is 7.57. The van der Waals surface area contributed by atoms with E-state index in [0.717, 1.165) is 42.9 Å². The third-order valence-corrected chi connectivity index (χ3v) is 5.61. The number of amides is 4. The number of hydrogen-bond acceptors (Lipinski definition) is 6. The fourth-order valence-corrected chi connectivity index (χ4v) is 4.01. The Morgan fingerprint density at radius 3 is 2.66 bits per heavy atom. The first kappa shape index (κ1) is 19.5. The van der Waals surface area contributed by atoms with Gasteiger partial charge in [-0.05, 0) is 50.0 Å². The minimum Gasteiger partial charge on any atom is -0.313 e. The number of rotatable bonds is 6. The zero-order valence-corrected chi connectivity index (χ0v) is 16.1. The number of hydrogen-bond donors (Lipinski definition) is 3. The molecule has 0 spiro atoms. The van der Waals surface area contributed by atoms with Crippen molar-refractivity contribution in [1.29, 1.82) is 0 Å². The molecule has 8 nitrogen and oxygen atoms in total. The molecular formula is C21H24N4O4. The summed E-state index contributed by atoms with van der Waals surface area (Å²) < 4.78 is 0. The van der Waals surface area contributed by atoms with Crippen LogP contribution in [0.5, 0.6) is 0 Å². The maximum Gasteiger partial charge on any atom is 0.262 e. The van der Waals surface area contributed by atoms with Gasteiger partial charge in [0.05, 0.1) is 11.1 Å². The molecule has 0 bridgehead atoms. The van der Waals surface area contributed by atoms with Crippen LogP contribution in [0, 0.1) is 0 Å². The molecule has 1 unspecified atom stereocenters. The molecule has 3 aliphatic rings. The van der Waals surface area contributed by atoms with E-state index < -0.39 is 23.8 Å². The van der Waals surface area contributed by atoms with Gasteiger partial charge in [0.25, 0.3) is 11.8 Å². The molecule has 1 saturated heterocycles. The van der Waals surface area contributed by atoms with Crippen molar-refractivity contribution in [3.05, 3.63) is 46.5 Å². The summed E-state index contributed by atoms with van der Waals surface area (Å²) in [7, 11) is 0. The molecule has 0 radical (unpaired) electrons. The first-order valence-corrected chi connectivity index (χ1v) is 9.98. The number of nitrogens with zero attached hydrogens (tertiary/aromatic N) is 1. The van der Waals surface area contributed by atoms with E-state index in [1.54, 1.807) is 12.1 Å². The van der Waals surface area contributed by atoms with E-state index in [2.05, 4.69) is 22.0 Å². The maximum absolute atomic E-state index is 12.8. The molecule has 0 saturated carbocycles. The molecule has 1 aromatic rings. The Labute approximate surface area is 168 Å². The molecule has 0 aliphatic carbocycles. The van der Waals surface area contributed by atoms with Crippen LogP contribution in [0.1, 0.15) is 52.0 Å². The fourth-order valence-electron chi connectivity index (χ4n) is 4.01. The quantitative estimate of drug-likeness (QED) is 0.367. The van der Waals surface area contributed by atoms with E-state index >= 15 is 0 Å². The molecule has 3 N–H and O–H groups in total. The van der Waals surface area contributed by atoms with Crippen molar-refractivity contribution in [2.45, 2.75) is 38.3 Å². The van der Waals surface area contributed by atoms with Crippen LogP contribution in [-0.4, -0.2) is 54.2 Å². The Balaban J connectivity index is 1.39. The van der Waals surface area contributed by atoms with Crippen molar-refractivity contribution >= 4 is 23.6 Å². The smallest absolute Gasteiger partial charge is 0.262 e. The number of carbonyl (C=O) groups excluding carboxylic acids is 4. The Kier molecular flexibility index (Phi) is 5.55. The number of nitrogens with one attached hydrogen (secondary N) is 3. The summed E-state index contributed by atoms with van der Waals surface area (Å²) in [5.41, 5.74) is 2.99. The molecule has 1 aromatic carbocycles. The van der Waals surface area contributed by atoms with Crippen molar-refractivity contribution in [3.63, 3.8) is 0 Å². The third kappa shape index (κ3) is 3.99. The molecular weight excluding hydrogens is 372 g/mol. The lowest BCUT2D eigenvalue weighted by Gasteiger charge is -2.27. The van der Waals surface area contributed by atoms with Crippen LogP contribution in [0.3, 0.4) is 0 Å². The van der Waals surface area contributed by atoms with Crippen molar-refractivity contribution in [2.24, 2.45) is 0 Å². The molecule has 3 aliphatic heterocycles. The van der Waals surface area contributed by atoms with Gasteiger partial charge in [0.1, 0.15) is 6.04 Å². The van der Waals surface area contributed by atoms with Crippen molar-refractivity contribution in [1.82, 2.24) is 20.9 Å². The van der Waals surface area contributed by atoms with Crippen LogP contribution >= 0.6 is 0 Å². The molecule has 1 fully saturated rings. The maximum atomic E-state index is 12.8. The van der Waals surface area contributed by atoms with Gasteiger partial charge in [-0.15, -0.1) is 0 Å². The third-order valence-electron chi connectivity index (χ3n) is 5.61. The molecule has 29 heavy (non-hydrogen) atoms. The highest BCUT2D eigenvalue weighted by molar-refractivity contribution is 6.23. The lowest BCUT2D eigenvalue weighted by atomic mass is 10.0. The molecule has 3 heterocycles. The second kappa shape index (κ2) is 8.26. The fraction of sp³-hybridized carbons (Fsp3) is 0.429. The molecule has 4 amide bonds. The van der Waals surface area contributed by atoms with Gasteiger partial charge in [-0.25, -0.2) is 0 Å². The minimum absolute atomic E-state index is 0.117. The highest BCUT2D eigenvalue weighted by atomic mass is 16.2. The van der Waals surface area contributed by atoms with E-state index in [1.807, 2.05) is 6.07 Å². The number of piperidine rings is 1. The van der Waals surface area contributed by atoms with E-state index in [-0.39, 0.29) is 18.7 Å². The Hall–Kier alpha value is -2.84. The highest BCUT2D eigenvalue weighted by Gasteiger charge is 2.44. The number of fused-ring (bicyclic) bond motifs is 1. The van der Waals surface area contributed by atoms with Crippen molar-refractivity contribution in [2.75, 3.05) is 19.6 Å². The van der Waals surface area contributed by atoms with E-state index in [0.29, 0.717) is 17.7 Å². The molecule has 152 valence electrons. The van der Waals surface area contributed by atoms with Gasteiger partial charge in [-0.3, -0.25) is 29.4 Å². The number of carbonyl (C=O) groups is 4. The van der Waals surface area contributed by atoms with Gasteiger partial charge < -0.3 is 10.6 Å². The molecule has 8 heteroatoms. The topological polar surface area (TPSA) is 108 Å². The average Bonchev–Trinajstić information content (AvgIpc) is 2.96. The van der Waals surface area contributed by atoms with Gasteiger partial charge in [0.2, 0.25) is 11.8 Å². The Bertz CT molecular complexity index is 908. The predicted molar refractivity (Wildman–Crippen MR) is 105 cm³/mol. The summed E-state index contributed by atoms with van der Waals surface area (Å²) in [5, 5.41) is 8.88. The van der Waals surface area contributed by atoms with Crippen LogP contribution in [-0.2, 0) is 16.1 Å². The summed E-state index contributed by atoms with van der Waals surface area (Å²) in [4.78, 5) is 50.0. The van der Waals surface area contributed by atoms with E-state index in [1.165, 1.54) is 5.57 Å². The lowest BCUT2D eigenvalue weighted by molar-refractivity contribution is -0.136. The number of benzene rings is 1. The predicted octanol–water partition coefficient (Wildman–Crippen LogP) is 0.487. The van der Waals surface area contributed by atoms with Gasteiger partial charge in [0, 0.05) is 19.5 Å². The normalized spacial score (nSPS) is 21.9. The van der Waals surface area contributed by atoms with Crippen LogP contribution in [0.2, 0.25) is 0 Å². The summed E-state index contributed by atoms with van der Waals surface area (Å²) in [6.07, 6.45) is 4.58. The average molecular weight is 396 g/mol. The minimum atomic E-state index is -0.931. The van der Waals surface area contributed by atoms with Gasteiger partial charge in [-0.2, -0.15) is 0 Å². The summed E-state index contributed by atoms with van der Waals surface area (Å²) in [5.74, 6) is -1.92. The van der Waals surface area contributed by atoms with E-state index in [9.17, 15) is 19.2 Å². The molecule has 0 aromatic heterocycles. The van der Waals surface area contributed by atoms with Crippen molar-refractivity contribution in [3.8, 4) is 0 Å². The summed E-state index contributed by atoms with van der Waals surface area (Å²) >= 11 is 0. The SMILES string of the molecule is O=C1CCC(N2C(=O)c3ccc(CNCCC4=CCNCC4)cc3C2=O)C(=O)N1. The van der Waals surface area contributed by atoms with Gasteiger partial charge in [0.15, 0.2) is 0 Å². The first-order valence-electron chi connectivity index (χ1n) is 9.98. The summed E-state index contributed by atoms with van der Waals surface area (Å²) in [6.45, 7) is 3.40. The molecule has 4 rings (SSSR count). The monoisotopic (exact) mass is 396 g/mol. The largest absolute Gasteiger partial charge is 0.313 e. The van der Waals surface area contributed by atoms with Gasteiger partial charge in [-0.1, -0.05) is 17.7 Å². The van der Waals surface area contributed by atoms with Gasteiger partial charge >= 0.3 is 0 Å². The Morgan fingerprint density at radius 2 is 1.90 bits per heavy atom. The zero-order chi connectivity index (χ0) is 20.4. The standard InChI is InChI=1S/C21H24N4O4/c26-18-4-3-17(19(27)24-18)25-20(28)15-2-1-14(11-16(15)21(25)29)12-23-10-7-13-5-8-22-9-6-13/h1-2,5,11,17,22-23H,3-4,6-10,12H2,(H,24,26,27). The Morgan fingerprint density at radius 1 is 1.07 bits per heavy atom. The van der Waals surface area contributed by atoms with Crippen LogP contribution in [0.4, 0.5) is 0 Å². The van der Waals surface area contributed by atoms with Crippen LogP contribution < -0.4 is 16.0 Å². The first-order chi connectivity index (χ1) is 14.0. The lowest BCUT2D eigenvalue weighted by Crippen LogP contribution is -2.54. The van der Waals surface area contributed by atoms with Crippen LogP contribution in [0.15, 0.2) is 29.8 Å². The van der Waals surface area contributed by atoms with E-state index in [4.69, 9.17) is 0 Å². The molecule has 1 atom stereocenters. The summed E-state index contributed by atoms with van der Waals surface area (Å²) in [6, 6.07) is 4.26. The highest BCUT2D eigenvalue weighted by Crippen LogP contribution is 2.28. The van der Waals surface area contributed by atoms with Crippen molar-refractivity contribution < 1.29 is 19.2 Å².